The predicted molar refractivity (Wildman–Crippen MR) is 55.1 cm³/mol. The van der Waals surface area contributed by atoms with E-state index < -0.39 is 0 Å². The third-order valence-corrected chi connectivity index (χ3v) is 4.06. The Hall–Kier alpha value is -0.440. The Bertz CT molecular complexity index is 287. The van der Waals surface area contributed by atoms with Crippen LogP contribution in [0.25, 0.3) is 0 Å². The molecule has 72 valence electrons. The molecule has 1 saturated carbocycles. The molecule has 0 saturated heterocycles. The number of hydrogen-bond acceptors (Lipinski definition) is 3. The first-order chi connectivity index (χ1) is 6.16. The van der Waals surface area contributed by atoms with Crippen molar-refractivity contribution < 1.29 is 0 Å². The topological polar surface area (TPSA) is 25.8 Å². The largest absolute Gasteiger partial charge is 0.143 e. The van der Waals surface area contributed by atoms with Gasteiger partial charge in [-0.2, -0.15) is 0 Å². The van der Waals surface area contributed by atoms with Crippen LogP contribution in [0, 0.1) is 5.92 Å². The van der Waals surface area contributed by atoms with Crippen molar-refractivity contribution >= 4 is 11.3 Å². The molecule has 0 radical (unpaired) electrons. The highest BCUT2D eigenvalue weighted by molar-refractivity contribution is 7.11. The van der Waals surface area contributed by atoms with E-state index in [4.69, 9.17) is 0 Å². The van der Waals surface area contributed by atoms with E-state index in [1.54, 1.807) is 11.3 Å². The van der Waals surface area contributed by atoms with Gasteiger partial charge in [0.15, 0.2) is 0 Å². The van der Waals surface area contributed by atoms with Crippen LogP contribution in [-0.2, 0) is 0 Å². The molecule has 1 aromatic rings. The van der Waals surface area contributed by atoms with Crippen molar-refractivity contribution in [3.63, 3.8) is 0 Å². The molecule has 1 fully saturated rings. The maximum absolute atomic E-state index is 4.26. The first kappa shape index (κ1) is 9.13. The lowest BCUT2D eigenvalue weighted by Gasteiger charge is -2.30. The SMILES string of the molecule is CC1CC(c2nnc(C(C)C)s2)C1. The normalized spacial score (nSPS) is 27.7. The molecule has 0 aromatic carbocycles. The van der Waals surface area contributed by atoms with Crippen LogP contribution in [0.4, 0.5) is 0 Å². The second-order valence-corrected chi connectivity index (χ2v) is 5.45. The van der Waals surface area contributed by atoms with E-state index in [1.165, 1.54) is 22.9 Å². The van der Waals surface area contributed by atoms with E-state index in [9.17, 15) is 0 Å². The summed E-state index contributed by atoms with van der Waals surface area (Å²) in [5.74, 6) is 2.15. The van der Waals surface area contributed by atoms with Crippen molar-refractivity contribution in [1.82, 2.24) is 10.2 Å². The van der Waals surface area contributed by atoms with Crippen LogP contribution in [0.5, 0.6) is 0 Å². The molecular formula is C10H16N2S. The summed E-state index contributed by atoms with van der Waals surface area (Å²) in [5.41, 5.74) is 0. The zero-order chi connectivity index (χ0) is 9.42. The van der Waals surface area contributed by atoms with Gasteiger partial charge in [0.2, 0.25) is 0 Å². The Morgan fingerprint density at radius 2 is 2.00 bits per heavy atom. The van der Waals surface area contributed by atoms with Crippen LogP contribution in [0.2, 0.25) is 0 Å². The number of rotatable bonds is 2. The lowest BCUT2D eigenvalue weighted by molar-refractivity contribution is 0.287. The fourth-order valence-electron chi connectivity index (χ4n) is 1.75. The molecule has 1 heterocycles. The third kappa shape index (κ3) is 1.75. The van der Waals surface area contributed by atoms with Gasteiger partial charge < -0.3 is 0 Å². The summed E-state index contributed by atoms with van der Waals surface area (Å²) in [6, 6.07) is 0. The summed E-state index contributed by atoms with van der Waals surface area (Å²) in [7, 11) is 0. The zero-order valence-corrected chi connectivity index (χ0v) is 9.27. The number of hydrogen-bond donors (Lipinski definition) is 0. The van der Waals surface area contributed by atoms with E-state index in [0.717, 1.165) is 11.8 Å². The third-order valence-electron chi connectivity index (χ3n) is 2.67. The van der Waals surface area contributed by atoms with E-state index in [0.29, 0.717) is 5.92 Å². The van der Waals surface area contributed by atoms with Gasteiger partial charge >= 0.3 is 0 Å². The van der Waals surface area contributed by atoms with E-state index in [1.807, 2.05) is 0 Å². The van der Waals surface area contributed by atoms with Gasteiger partial charge in [-0.1, -0.05) is 20.8 Å². The van der Waals surface area contributed by atoms with Crippen molar-refractivity contribution in [3.05, 3.63) is 10.0 Å². The molecule has 3 heteroatoms. The molecule has 1 aliphatic rings. The van der Waals surface area contributed by atoms with Crippen molar-refractivity contribution in [1.29, 1.82) is 0 Å². The summed E-state index contributed by atoms with van der Waals surface area (Å²) in [6.07, 6.45) is 2.62. The first-order valence-electron chi connectivity index (χ1n) is 5.00. The number of nitrogens with zero attached hydrogens (tertiary/aromatic N) is 2. The minimum absolute atomic E-state index is 0.531. The van der Waals surface area contributed by atoms with Crippen LogP contribution in [0.3, 0.4) is 0 Å². The van der Waals surface area contributed by atoms with Gasteiger partial charge in [-0.25, -0.2) is 0 Å². The van der Waals surface area contributed by atoms with Crippen LogP contribution in [0.15, 0.2) is 0 Å². The van der Waals surface area contributed by atoms with E-state index in [-0.39, 0.29) is 0 Å². The minimum Gasteiger partial charge on any atom is -0.143 e. The molecule has 13 heavy (non-hydrogen) atoms. The predicted octanol–water partition coefficient (Wildman–Crippen LogP) is 3.18. The molecule has 2 rings (SSSR count). The smallest absolute Gasteiger partial charge is 0.120 e. The van der Waals surface area contributed by atoms with E-state index >= 15 is 0 Å². The minimum atomic E-state index is 0.531. The molecule has 1 aliphatic carbocycles. The highest BCUT2D eigenvalue weighted by atomic mass is 32.1. The summed E-state index contributed by atoms with van der Waals surface area (Å²) >= 11 is 1.80. The lowest BCUT2D eigenvalue weighted by atomic mass is 9.77. The van der Waals surface area contributed by atoms with Gasteiger partial charge in [0, 0.05) is 11.8 Å². The zero-order valence-electron chi connectivity index (χ0n) is 8.45. The summed E-state index contributed by atoms with van der Waals surface area (Å²) in [5, 5.41) is 10.9. The van der Waals surface area contributed by atoms with Gasteiger partial charge in [-0.3, -0.25) is 0 Å². The van der Waals surface area contributed by atoms with E-state index in [2.05, 4.69) is 31.0 Å². The van der Waals surface area contributed by atoms with Crippen LogP contribution >= 0.6 is 11.3 Å². The average molecular weight is 196 g/mol. The van der Waals surface area contributed by atoms with Gasteiger partial charge in [0.1, 0.15) is 10.0 Å². The molecule has 0 N–H and O–H groups in total. The Morgan fingerprint density at radius 3 is 2.46 bits per heavy atom. The maximum Gasteiger partial charge on any atom is 0.120 e. The van der Waals surface area contributed by atoms with Gasteiger partial charge in [-0.15, -0.1) is 21.5 Å². The molecule has 0 atom stereocenters. The molecule has 0 bridgehead atoms. The highest BCUT2D eigenvalue weighted by Gasteiger charge is 2.29. The second-order valence-electron chi connectivity index (χ2n) is 4.41. The molecule has 0 amide bonds. The molecule has 0 spiro atoms. The molecule has 0 aliphatic heterocycles. The van der Waals surface area contributed by atoms with Gasteiger partial charge in [0.05, 0.1) is 0 Å². The fraction of sp³-hybridized carbons (Fsp3) is 0.800. The van der Waals surface area contributed by atoms with Crippen LogP contribution in [0.1, 0.15) is 55.5 Å². The van der Waals surface area contributed by atoms with Crippen molar-refractivity contribution in [2.45, 2.75) is 45.4 Å². The lowest BCUT2D eigenvalue weighted by Crippen LogP contribution is -2.18. The quantitative estimate of drug-likeness (QED) is 0.726. The fourth-order valence-corrected chi connectivity index (χ4v) is 2.72. The summed E-state index contributed by atoms with van der Waals surface area (Å²) < 4.78 is 0. The number of aromatic nitrogens is 2. The van der Waals surface area contributed by atoms with Gasteiger partial charge in [-0.05, 0) is 18.8 Å². The summed E-state index contributed by atoms with van der Waals surface area (Å²) in [6.45, 7) is 6.66. The maximum atomic E-state index is 4.26. The molecule has 0 unspecified atom stereocenters. The van der Waals surface area contributed by atoms with Crippen molar-refractivity contribution in [2.75, 3.05) is 0 Å². The van der Waals surface area contributed by atoms with Crippen LogP contribution < -0.4 is 0 Å². The molecule has 1 aromatic heterocycles. The van der Waals surface area contributed by atoms with Gasteiger partial charge in [0.25, 0.3) is 0 Å². The van der Waals surface area contributed by atoms with Crippen molar-refractivity contribution in [2.24, 2.45) is 5.92 Å². The molecular weight excluding hydrogens is 180 g/mol. The Kier molecular flexibility index (Phi) is 2.37. The highest BCUT2D eigenvalue weighted by Crippen LogP contribution is 2.42. The average Bonchev–Trinajstić information content (AvgIpc) is 2.46. The first-order valence-corrected chi connectivity index (χ1v) is 5.81. The van der Waals surface area contributed by atoms with Crippen molar-refractivity contribution in [3.8, 4) is 0 Å². The Balaban J connectivity index is 2.06. The Labute approximate surface area is 83.4 Å². The second kappa shape index (κ2) is 3.37. The monoisotopic (exact) mass is 196 g/mol. The summed E-state index contributed by atoms with van der Waals surface area (Å²) in [4.78, 5) is 0. The standard InChI is InChI=1S/C10H16N2S/c1-6(2)9-11-12-10(13-9)8-4-7(3)5-8/h6-8H,4-5H2,1-3H3. The Morgan fingerprint density at radius 1 is 1.31 bits per heavy atom. The van der Waals surface area contributed by atoms with Crippen LogP contribution in [-0.4, -0.2) is 10.2 Å². The molecule has 2 nitrogen and oxygen atoms in total.